The number of carbonyl (C=O) groups excluding carboxylic acids is 2. The van der Waals surface area contributed by atoms with Gasteiger partial charge in [-0.25, -0.2) is 0 Å². The Bertz CT molecular complexity index is 974. The second kappa shape index (κ2) is 9.06. The molecular weight excluding hydrogens is 420 g/mol. The molecule has 2 saturated heterocycles. The first-order valence-corrected chi connectivity index (χ1v) is 10.6. The van der Waals surface area contributed by atoms with E-state index in [0.29, 0.717) is 42.7 Å². The van der Waals surface area contributed by atoms with Crippen LogP contribution in [0.1, 0.15) is 18.1 Å². The number of benzene rings is 2. The van der Waals surface area contributed by atoms with Crippen molar-refractivity contribution in [3.63, 3.8) is 0 Å². The van der Waals surface area contributed by atoms with E-state index in [1.807, 2.05) is 29.2 Å². The Balaban J connectivity index is 1.48. The van der Waals surface area contributed by atoms with Gasteiger partial charge in [0.2, 0.25) is 5.91 Å². The molecular formula is C23H25ClN2O5. The van der Waals surface area contributed by atoms with Gasteiger partial charge in [0, 0.05) is 26.2 Å². The molecule has 0 aromatic heterocycles. The molecule has 2 aliphatic heterocycles. The van der Waals surface area contributed by atoms with Gasteiger partial charge >= 0.3 is 5.97 Å². The third-order valence-electron chi connectivity index (χ3n) is 5.85. The lowest BCUT2D eigenvalue weighted by atomic mass is 9.93. The predicted octanol–water partition coefficient (Wildman–Crippen LogP) is 3.31. The number of methoxy groups -OCH3 is 2. The summed E-state index contributed by atoms with van der Waals surface area (Å²) >= 11 is 6.31. The number of nitrogens with zero attached hydrogens (tertiary/aromatic N) is 2. The van der Waals surface area contributed by atoms with E-state index in [0.717, 1.165) is 11.3 Å². The monoisotopic (exact) mass is 444 g/mol. The normalized spacial score (nSPS) is 21.1. The number of cyclic esters (lactones) is 1. The SMILES string of the molecule is COc1ccc([C@H]2OC(=O)C[C@@H]2C(=O)N2CCN(c3ccccc3Cl)CC2)cc1OC. The third-order valence-corrected chi connectivity index (χ3v) is 6.17. The summed E-state index contributed by atoms with van der Waals surface area (Å²) in [6.07, 6.45) is -0.566. The fraction of sp³-hybridized carbons (Fsp3) is 0.391. The molecule has 2 aromatic carbocycles. The van der Waals surface area contributed by atoms with Gasteiger partial charge in [0.1, 0.15) is 6.10 Å². The Morgan fingerprint density at radius 1 is 1.03 bits per heavy atom. The van der Waals surface area contributed by atoms with Gasteiger partial charge in [0.05, 0.1) is 37.3 Å². The molecule has 0 aliphatic carbocycles. The van der Waals surface area contributed by atoms with Gasteiger partial charge in [0.15, 0.2) is 11.5 Å². The average molecular weight is 445 g/mol. The molecule has 0 saturated carbocycles. The van der Waals surface area contributed by atoms with Crippen LogP contribution in [0.5, 0.6) is 11.5 Å². The van der Waals surface area contributed by atoms with E-state index in [1.54, 1.807) is 32.4 Å². The zero-order valence-corrected chi connectivity index (χ0v) is 18.3. The maximum Gasteiger partial charge on any atom is 0.307 e. The second-order valence-corrected chi connectivity index (χ2v) is 8.01. The van der Waals surface area contributed by atoms with E-state index in [9.17, 15) is 9.59 Å². The number of carbonyl (C=O) groups is 2. The lowest BCUT2D eigenvalue weighted by molar-refractivity contribution is -0.142. The van der Waals surface area contributed by atoms with E-state index in [-0.39, 0.29) is 18.3 Å². The molecule has 2 heterocycles. The average Bonchev–Trinajstić information content (AvgIpc) is 3.20. The van der Waals surface area contributed by atoms with Crippen LogP contribution in [0.2, 0.25) is 5.02 Å². The molecule has 2 aromatic rings. The summed E-state index contributed by atoms with van der Waals surface area (Å²) < 4.78 is 16.2. The van der Waals surface area contributed by atoms with Crippen LogP contribution < -0.4 is 14.4 Å². The molecule has 8 heteroatoms. The first-order chi connectivity index (χ1) is 15.0. The predicted molar refractivity (Wildman–Crippen MR) is 117 cm³/mol. The van der Waals surface area contributed by atoms with Crippen molar-refractivity contribution in [2.24, 2.45) is 5.92 Å². The summed E-state index contributed by atoms with van der Waals surface area (Å²) in [4.78, 5) is 29.4. The van der Waals surface area contributed by atoms with Crippen molar-refractivity contribution >= 4 is 29.2 Å². The van der Waals surface area contributed by atoms with Crippen LogP contribution in [0.25, 0.3) is 0 Å². The van der Waals surface area contributed by atoms with Crippen molar-refractivity contribution in [3.05, 3.63) is 53.1 Å². The molecule has 0 radical (unpaired) electrons. The molecule has 0 spiro atoms. The van der Waals surface area contributed by atoms with Crippen LogP contribution in [0, 0.1) is 5.92 Å². The molecule has 4 rings (SSSR count). The standard InChI is InChI=1S/C23H25ClN2O5/c1-29-19-8-7-15(13-20(19)30-2)22-16(14-21(27)31-22)23(28)26-11-9-25(10-12-26)18-6-4-3-5-17(18)24/h3-8,13,16,22H,9-12,14H2,1-2H3/t16-,22+/m0/s1. The number of para-hydroxylation sites is 1. The summed E-state index contributed by atoms with van der Waals surface area (Å²) in [6, 6.07) is 13.0. The molecule has 31 heavy (non-hydrogen) atoms. The molecule has 1 amide bonds. The van der Waals surface area contributed by atoms with Gasteiger partial charge in [0.25, 0.3) is 0 Å². The van der Waals surface area contributed by atoms with Crippen molar-refractivity contribution in [1.82, 2.24) is 4.90 Å². The number of esters is 1. The van der Waals surface area contributed by atoms with E-state index >= 15 is 0 Å². The fourth-order valence-corrected chi connectivity index (χ4v) is 4.47. The largest absolute Gasteiger partial charge is 0.493 e. The fourth-order valence-electron chi connectivity index (χ4n) is 4.22. The molecule has 0 bridgehead atoms. The second-order valence-electron chi connectivity index (χ2n) is 7.60. The molecule has 2 atom stereocenters. The lowest BCUT2D eigenvalue weighted by Gasteiger charge is -2.37. The number of ether oxygens (including phenoxy) is 3. The summed E-state index contributed by atoms with van der Waals surface area (Å²) in [7, 11) is 3.10. The Hall–Kier alpha value is -2.93. The minimum Gasteiger partial charge on any atom is -0.493 e. The van der Waals surface area contributed by atoms with Crippen LogP contribution in [0.15, 0.2) is 42.5 Å². The van der Waals surface area contributed by atoms with E-state index in [4.69, 9.17) is 25.8 Å². The number of anilines is 1. The van der Waals surface area contributed by atoms with Crippen molar-refractivity contribution in [1.29, 1.82) is 0 Å². The molecule has 2 aliphatic rings. The maximum absolute atomic E-state index is 13.3. The van der Waals surface area contributed by atoms with Crippen LogP contribution in [-0.4, -0.2) is 57.2 Å². The molecule has 0 unspecified atom stereocenters. The van der Waals surface area contributed by atoms with Crippen molar-refractivity contribution in [2.45, 2.75) is 12.5 Å². The van der Waals surface area contributed by atoms with Crippen LogP contribution >= 0.6 is 11.6 Å². The highest BCUT2D eigenvalue weighted by molar-refractivity contribution is 6.33. The van der Waals surface area contributed by atoms with Gasteiger partial charge in [-0.1, -0.05) is 29.8 Å². The van der Waals surface area contributed by atoms with Crippen LogP contribution in [-0.2, 0) is 14.3 Å². The van der Waals surface area contributed by atoms with Crippen LogP contribution in [0.4, 0.5) is 5.69 Å². The van der Waals surface area contributed by atoms with Crippen molar-refractivity contribution in [3.8, 4) is 11.5 Å². The lowest BCUT2D eigenvalue weighted by Crippen LogP contribution is -2.50. The number of hydrogen-bond donors (Lipinski definition) is 0. The molecule has 164 valence electrons. The summed E-state index contributed by atoms with van der Waals surface area (Å²) in [5.74, 6) is 0.117. The van der Waals surface area contributed by atoms with Gasteiger partial charge in [-0.3, -0.25) is 9.59 Å². The zero-order chi connectivity index (χ0) is 22.0. The first kappa shape index (κ1) is 21.3. The molecule has 0 N–H and O–H groups in total. The summed E-state index contributed by atoms with van der Waals surface area (Å²) in [5, 5.41) is 0.700. The maximum atomic E-state index is 13.3. The highest BCUT2D eigenvalue weighted by atomic mass is 35.5. The Kier molecular flexibility index (Phi) is 6.23. The molecule has 2 fully saturated rings. The Labute approximate surface area is 186 Å². The Morgan fingerprint density at radius 2 is 1.74 bits per heavy atom. The quantitative estimate of drug-likeness (QED) is 0.659. The van der Waals surface area contributed by atoms with Crippen LogP contribution in [0.3, 0.4) is 0 Å². The summed E-state index contributed by atoms with van der Waals surface area (Å²) in [6.45, 7) is 2.48. The number of halogens is 1. The number of hydrogen-bond acceptors (Lipinski definition) is 6. The van der Waals surface area contributed by atoms with E-state index in [1.165, 1.54) is 0 Å². The topological polar surface area (TPSA) is 68.3 Å². The number of amides is 1. The van der Waals surface area contributed by atoms with Crippen molar-refractivity contribution in [2.75, 3.05) is 45.3 Å². The highest BCUT2D eigenvalue weighted by Crippen LogP contribution is 2.40. The smallest absolute Gasteiger partial charge is 0.307 e. The highest BCUT2D eigenvalue weighted by Gasteiger charge is 2.43. The first-order valence-electron chi connectivity index (χ1n) is 10.2. The minimum atomic E-state index is -0.638. The molecule has 7 nitrogen and oxygen atoms in total. The third kappa shape index (κ3) is 4.28. The summed E-state index contributed by atoms with van der Waals surface area (Å²) in [5.41, 5.74) is 1.69. The minimum absolute atomic E-state index is 0.0653. The van der Waals surface area contributed by atoms with E-state index < -0.39 is 12.0 Å². The zero-order valence-electron chi connectivity index (χ0n) is 17.5. The van der Waals surface area contributed by atoms with Gasteiger partial charge < -0.3 is 24.0 Å². The van der Waals surface area contributed by atoms with Gasteiger partial charge in [-0.15, -0.1) is 0 Å². The van der Waals surface area contributed by atoms with Crippen molar-refractivity contribution < 1.29 is 23.8 Å². The Morgan fingerprint density at radius 3 is 2.42 bits per heavy atom. The van der Waals surface area contributed by atoms with Gasteiger partial charge in [-0.05, 0) is 29.8 Å². The number of piperazine rings is 1. The van der Waals surface area contributed by atoms with Gasteiger partial charge in [-0.2, -0.15) is 0 Å². The number of rotatable bonds is 5. The van der Waals surface area contributed by atoms with E-state index in [2.05, 4.69) is 4.90 Å².